The van der Waals surface area contributed by atoms with E-state index in [0.29, 0.717) is 25.4 Å². The van der Waals surface area contributed by atoms with Crippen LogP contribution in [-0.2, 0) is 9.47 Å². The molecule has 0 aliphatic rings. The molecule has 0 aliphatic carbocycles. The molecule has 0 heterocycles. The van der Waals surface area contributed by atoms with Crippen molar-refractivity contribution in [1.29, 1.82) is 0 Å². The predicted octanol–water partition coefficient (Wildman–Crippen LogP) is 7.36. The van der Waals surface area contributed by atoms with Crippen LogP contribution in [0.25, 0.3) is 0 Å². The van der Waals surface area contributed by atoms with Gasteiger partial charge in [-0.25, -0.2) is 9.59 Å². The number of rotatable bonds is 15. The van der Waals surface area contributed by atoms with Gasteiger partial charge in [-0.15, -0.1) is 0 Å². The van der Waals surface area contributed by atoms with Gasteiger partial charge in [-0.3, -0.25) is 0 Å². The topological polar surface area (TPSA) is 52.6 Å². The summed E-state index contributed by atoms with van der Waals surface area (Å²) in [6, 6.07) is 6.68. The lowest BCUT2D eigenvalue weighted by molar-refractivity contribution is 0.0360. The Labute approximate surface area is 195 Å². The minimum absolute atomic E-state index is 0.233. The molecule has 0 radical (unpaired) electrons. The first-order chi connectivity index (χ1) is 15.5. The van der Waals surface area contributed by atoms with E-state index in [1.165, 1.54) is 44.9 Å². The Bertz CT molecular complexity index is 726. The number of unbranched alkanes of at least 4 members (excludes halogenated alkanes) is 8. The molecule has 0 fully saturated rings. The summed E-state index contributed by atoms with van der Waals surface area (Å²) < 4.78 is 11.1. The van der Waals surface area contributed by atoms with E-state index < -0.39 is 18.0 Å². The highest BCUT2D eigenvalue weighted by Gasteiger charge is 2.22. The minimum atomic E-state index is -0.531. The van der Waals surface area contributed by atoms with Crippen LogP contribution in [0.4, 0.5) is 0 Å². The zero-order valence-electron chi connectivity index (χ0n) is 20.6. The van der Waals surface area contributed by atoms with E-state index in [0.717, 1.165) is 12.8 Å². The lowest BCUT2D eigenvalue weighted by Crippen LogP contribution is -2.21. The summed E-state index contributed by atoms with van der Waals surface area (Å²) in [6.07, 6.45) is 11.7. The summed E-state index contributed by atoms with van der Waals surface area (Å²) in [5.74, 6) is 5.34. The summed E-state index contributed by atoms with van der Waals surface area (Å²) >= 11 is 0. The van der Waals surface area contributed by atoms with Crippen LogP contribution < -0.4 is 0 Å². The molecule has 0 aromatic heterocycles. The van der Waals surface area contributed by atoms with Crippen molar-refractivity contribution < 1.29 is 19.1 Å². The molecule has 0 saturated carbocycles. The van der Waals surface area contributed by atoms with Crippen LogP contribution in [0.15, 0.2) is 24.3 Å². The summed E-state index contributed by atoms with van der Waals surface area (Å²) in [5.41, 5.74) is 0.483. The van der Waals surface area contributed by atoms with Gasteiger partial charge in [0.1, 0.15) is 0 Å². The molecule has 0 spiro atoms. The molecular formula is C28H42O4. The van der Waals surface area contributed by atoms with Crippen molar-refractivity contribution in [2.75, 3.05) is 6.61 Å². The Hall–Kier alpha value is -2.28. The first-order valence-electron chi connectivity index (χ1n) is 12.4. The molecule has 1 aromatic rings. The molecule has 0 saturated heterocycles. The molecule has 4 heteroatoms. The normalized spacial score (nSPS) is 11.5. The number of hydrogen-bond acceptors (Lipinski definition) is 4. The zero-order chi connectivity index (χ0) is 23.6. The highest BCUT2D eigenvalue weighted by atomic mass is 16.5. The molecule has 32 heavy (non-hydrogen) atoms. The summed E-state index contributed by atoms with van der Waals surface area (Å²) in [6.45, 7) is 8.68. The highest BCUT2D eigenvalue weighted by molar-refractivity contribution is 6.03. The Morgan fingerprint density at radius 1 is 0.844 bits per heavy atom. The molecule has 0 bridgehead atoms. The Morgan fingerprint density at radius 2 is 1.41 bits per heavy atom. The first kappa shape index (κ1) is 27.8. The Morgan fingerprint density at radius 3 is 1.97 bits per heavy atom. The lowest BCUT2D eigenvalue weighted by atomic mass is 10.1. The molecule has 178 valence electrons. The lowest BCUT2D eigenvalue weighted by Gasteiger charge is -2.16. The van der Waals surface area contributed by atoms with Gasteiger partial charge < -0.3 is 9.47 Å². The minimum Gasteiger partial charge on any atom is -0.462 e. The molecule has 4 nitrogen and oxygen atoms in total. The molecule has 0 amide bonds. The average Bonchev–Trinajstić information content (AvgIpc) is 2.78. The summed E-state index contributed by atoms with van der Waals surface area (Å²) in [4.78, 5) is 25.4. The zero-order valence-corrected chi connectivity index (χ0v) is 20.6. The average molecular weight is 443 g/mol. The molecule has 1 unspecified atom stereocenters. The van der Waals surface area contributed by atoms with Gasteiger partial charge in [0, 0.05) is 6.42 Å². The molecule has 1 atom stereocenters. The maximum atomic E-state index is 12.8. The van der Waals surface area contributed by atoms with E-state index in [4.69, 9.17) is 9.47 Å². The van der Waals surface area contributed by atoms with Crippen molar-refractivity contribution in [3.05, 3.63) is 35.4 Å². The van der Waals surface area contributed by atoms with Gasteiger partial charge in [0.05, 0.1) is 17.7 Å². The van der Waals surface area contributed by atoms with E-state index >= 15 is 0 Å². The second-order valence-electron chi connectivity index (χ2n) is 8.71. The molecular weight excluding hydrogens is 400 g/mol. The molecule has 0 N–H and O–H groups in total. The van der Waals surface area contributed by atoms with E-state index in [-0.39, 0.29) is 11.1 Å². The second-order valence-corrected chi connectivity index (χ2v) is 8.71. The van der Waals surface area contributed by atoms with Gasteiger partial charge in [-0.1, -0.05) is 103 Å². The van der Waals surface area contributed by atoms with Crippen LogP contribution in [0.1, 0.15) is 119 Å². The van der Waals surface area contributed by atoms with Gasteiger partial charge >= 0.3 is 11.9 Å². The van der Waals surface area contributed by atoms with Crippen molar-refractivity contribution in [2.24, 2.45) is 5.92 Å². The fraction of sp³-hybridized carbons (Fsp3) is 0.643. The number of carbonyl (C=O) groups is 2. The monoisotopic (exact) mass is 442 g/mol. The van der Waals surface area contributed by atoms with Crippen LogP contribution in [0, 0.1) is 17.8 Å². The number of carbonyl (C=O) groups excluding carboxylic acids is 2. The second kappa shape index (κ2) is 17.3. The van der Waals surface area contributed by atoms with Crippen molar-refractivity contribution in [3.63, 3.8) is 0 Å². The van der Waals surface area contributed by atoms with Gasteiger partial charge in [0.2, 0.25) is 0 Å². The predicted molar refractivity (Wildman–Crippen MR) is 131 cm³/mol. The largest absolute Gasteiger partial charge is 0.462 e. The van der Waals surface area contributed by atoms with Crippen LogP contribution in [0.2, 0.25) is 0 Å². The van der Waals surface area contributed by atoms with Crippen molar-refractivity contribution >= 4 is 11.9 Å². The SMILES string of the molecule is CCC#CC(CC(C)C)OC(=O)c1ccccc1C(=O)OCCCCCCCCCCC. The van der Waals surface area contributed by atoms with Crippen molar-refractivity contribution in [3.8, 4) is 11.8 Å². The molecule has 1 rings (SSSR count). The van der Waals surface area contributed by atoms with Crippen LogP contribution >= 0.6 is 0 Å². The number of hydrogen-bond donors (Lipinski definition) is 0. The highest BCUT2D eigenvalue weighted by Crippen LogP contribution is 2.16. The third-order valence-electron chi connectivity index (χ3n) is 5.22. The Balaban J connectivity index is 2.51. The number of benzene rings is 1. The fourth-order valence-electron chi connectivity index (χ4n) is 3.47. The van der Waals surface area contributed by atoms with Crippen molar-refractivity contribution in [2.45, 2.75) is 104 Å². The fourth-order valence-corrected chi connectivity index (χ4v) is 3.47. The van der Waals surface area contributed by atoms with E-state index in [1.54, 1.807) is 24.3 Å². The van der Waals surface area contributed by atoms with Crippen LogP contribution in [-0.4, -0.2) is 24.6 Å². The van der Waals surface area contributed by atoms with E-state index in [1.807, 2.05) is 6.92 Å². The smallest absolute Gasteiger partial charge is 0.340 e. The summed E-state index contributed by atoms with van der Waals surface area (Å²) in [5, 5.41) is 0. The summed E-state index contributed by atoms with van der Waals surface area (Å²) in [7, 11) is 0. The van der Waals surface area contributed by atoms with Gasteiger partial charge in [-0.05, 0) is 30.9 Å². The van der Waals surface area contributed by atoms with E-state index in [9.17, 15) is 9.59 Å². The maximum Gasteiger partial charge on any atom is 0.340 e. The first-order valence-corrected chi connectivity index (χ1v) is 12.4. The Kier molecular flexibility index (Phi) is 15.0. The third kappa shape index (κ3) is 11.9. The van der Waals surface area contributed by atoms with Gasteiger partial charge in [0.15, 0.2) is 6.10 Å². The van der Waals surface area contributed by atoms with Gasteiger partial charge in [0.25, 0.3) is 0 Å². The van der Waals surface area contributed by atoms with Crippen LogP contribution in [0.3, 0.4) is 0 Å². The van der Waals surface area contributed by atoms with Crippen molar-refractivity contribution in [1.82, 2.24) is 0 Å². The van der Waals surface area contributed by atoms with Crippen LogP contribution in [0.5, 0.6) is 0 Å². The maximum absolute atomic E-state index is 12.8. The molecule has 0 aliphatic heterocycles. The number of esters is 2. The molecule has 1 aromatic carbocycles. The van der Waals surface area contributed by atoms with E-state index in [2.05, 4.69) is 32.6 Å². The quantitative estimate of drug-likeness (QED) is 0.162. The number of ether oxygens (including phenoxy) is 2. The standard InChI is InChI=1S/C28H42O4/c1-5-7-9-10-11-12-13-14-17-21-31-27(29)25-19-15-16-20-26(25)28(30)32-24(18-8-6-2)22-23(3)4/h15-16,19-20,23-24H,5-7,9-14,17,21-22H2,1-4H3. The third-order valence-corrected chi connectivity index (χ3v) is 5.22. The van der Waals surface area contributed by atoms with Gasteiger partial charge in [-0.2, -0.15) is 0 Å².